The Labute approximate surface area is 140 Å². The Morgan fingerprint density at radius 2 is 2.33 bits per heavy atom. The van der Waals surface area contributed by atoms with Crippen molar-refractivity contribution in [2.45, 2.75) is 29.5 Å². The van der Waals surface area contributed by atoms with Crippen molar-refractivity contribution in [3.63, 3.8) is 0 Å². The molecule has 0 amide bonds. The number of nitrogen functional groups attached to an aromatic ring is 1. The second-order valence-electron chi connectivity index (χ2n) is 5.60. The summed E-state index contributed by atoms with van der Waals surface area (Å²) < 4.78 is 23.0. The molecule has 2 unspecified atom stereocenters. The van der Waals surface area contributed by atoms with Gasteiger partial charge in [0.25, 0.3) is 0 Å². The van der Waals surface area contributed by atoms with Gasteiger partial charge in [-0.3, -0.25) is 0 Å². The van der Waals surface area contributed by atoms with E-state index in [4.69, 9.17) is 15.0 Å². The first-order chi connectivity index (χ1) is 11.4. The zero-order valence-electron chi connectivity index (χ0n) is 11.8. The molecule has 0 spiro atoms. The number of aromatic nitrogens is 3. The average Bonchev–Trinajstić information content (AvgIpc) is 2.88. The van der Waals surface area contributed by atoms with E-state index < -0.39 is 36.7 Å². The Hall–Kier alpha value is -1.80. The fourth-order valence-corrected chi connectivity index (χ4v) is 3.98. The van der Waals surface area contributed by atoms with E-state index in [2.05, 4.69) is 22.3 Å². The largest absolute Gasteiger partial charge is 0.582 e. The van der Waals surface area contributed by atoms with Gasteiger partial charge in [-0.1, -0.05) is 0 Å². The van der Waals surface area contributed by atoms with Crippen LogP contribution in [0, 0.1) is 11.3 Å². The van der Waals surface area contributed by atoms with Crippen LogP contribution in [0.1, 0.15) is 5.69 Å². The van der Waals surface area contributed by atoms with Crippen molar-refractivity contribution in [3.8, 4) is 6.07 Å². The lowest BCUT2D eigenvalue weighted by Crippen LogP contribution is -2.47. The summed E-state index contributed by atoms with van der Waals surface area (Å²) in [7, 11) is -2.30. The molecule has 2 fully saturated rings. The summed E-state index contributed by atoms with van der Waals surface area (Å²) in [5.41, 5.74) is 2.64. The monoisotopic (exact) mass is 368 g/mol. The highest BCUT2D eigenvalue weighted by molar-refractivity contribution is 8.39. The van der Waals surface area contributed by atoms with Gasteiger partial charge in [-0.2, -0.15) is 10.4 Å². The van der Waals surface area contributed by atoms with Gasteiger partial charge in [-0.25, -0.2) is 9.50 Å². The summed E-state index contributed by atoms with van der Waals surface area (Å²) in [6.45, 7) is 0. The number of fused-ring (bicyclic) bond motifs is 2. The van der Waals surface area contributed by atoms with Crippen LogP contribution in [0.5, 0.6) is 0 Å². The summed E-state index contributed by atoms with van der Waals surface area (Å²) in [6.07, 6.45) is -2.49. The van der Waals surface area contributed by atoms with Gasteiger partial charge in [0.05, 0.1) is 5.69 Å². The van der Waals surface area contributed by atoms with E-state index in [0.717, 1.165) is 0 Å². The van der Waals surface area contributed by atoms with Crippen molar-refractivity contribution in [1.82, 2.24) is 14.6 Å². The lowest BCUT2D eigenvalue weighted by Gasteiger charge is -2.28. The van der Waals surface area contributed by atoms with Crippen LogP contribution in [0.2, 0.25) is 0 Å². The van der Waals surface area contributed by atoms with Gasteiger partial charge < -0.3 is 20.7 Å². The van der Waals surface area contributed by atoms with Crippen LogP contribution in [0.15, 0.2) is 18.5 Å². The first-order valence-electron chi connectivity index (χ1n) is 6.77. The maximum atomic E-state index is 11.1. The Bertz CT molecular complexity index is 917. The molecule has 24 heavy (non-hydrogen) atoms. The van der Waals surface area contributed by atoms with E-state index in [-0.39, 0.29) is 11.5 Å². The second-order valence-corrected chi connectivity index (χ2v) is 7.27. The molecule has 3 heterocycles. The van der Waals surface area contributed by atoms with Crippen LogP contribution < -0.4 is 5.73 Å². The van der Waals surface area contributed by atoms with E-state index in [1.165, 1.54) is 16.9 Å². The molecule has 1 saturated carbocycles. The minimum atomic E-state index is -2.30. The van der Waals surface area contributed by atoms with E-state index in [0.29, 0.717) is 5.52 Å². The average molecular weight is 368 g/mol. The lowest BCUT2D eigenvalue weighted by molar-refractivity contribution is -0.101. The number of rotatable bonds is 3. The van der Waals surface area contributed by atoms with Gasteiger partial charge in [0, 0.05) is 0 Å². The third-order valence-electron chi connectivity index (χ3n) is 4.45. The number of aliphatic hydroxyl groups is 2. The summed E-state index contributed by atoms with van der Waals surface area (Å²) in [5, 5.41) is 34.8. The van der Waals surface area contributed by atoms with E-state index in [9.17, 15) is 20.0 Å². The van der Waals surface area contributed by atoms with Crippen molar-refractivity contribution in [2.24, 2.45) is 0 Å². The number of thiol groups is 1. The van der Waals surface area contributed by atoms with E-state index >= 15 is 0 Å². The number of hydrogen-bond acceptors (Lipinski definition) is 9. The predicted molar refractivity (Wildman–Crippen MR) is 82.0 cm³/mol. The number of nitriles is 1. The standard InChI is InChI=1S/C12H10N5O5PS/c13-3-11(6-2-1-5-9(14)15-4-16-17(5)6)10(18)12(19)7(21-11)8(12)22-23(20)24/h1-2,4,7-8,10,18-19H,(H2-,14,15,16,20,24)/p+1/t7-,8?,10+,11+,12+/m1/s1. The lowest BCUT2D eigenvalue weighted by atomic mass is 9.90. The first-order valence-corrected chi connectivity index (χ1v) is 9.10. The Balaban J connectivity index is 1.79. The molecule has 0 aromatic carbocycles. The van der Waals surface area contributed by atoms with Crippen molar-refractivity contribution in [3.05, 3.63) is 24.2 Å². The van der Waals surface area contributed by atoms with Gasteiger partial charge in [-0.15, -0.1) is 4.52 Å². The Morgan fingerprint density at radius 3 is 2.92 bits per heavy atom. The number of nitrogens with zero attached hydrogens (tertiary/aromatic N) is 4. The number of aliphatic hydroxyl groups excluding tert-OH is 1. The highest BCUT2D eigenvalue weighted by atomic mass is 32.7. The third-order valence-corrected chi connectivity index (χ3v) is 5.14. The third kappa shape index (κ3) is 1.75. The minimum Gasteiger partial charge on any atom is -0.385 e. The van der Waals surface area contributed by atoms with Crippen LogP contribution in [0.25, 0.3) is 5.52 Å². The molecule has 4 rings (SSSR count). The fourth-order valence-electron chi connectivity index (χ4n) is 3.20. The van der Waals surface area contributed by atoms with Gasteiger partial charge >= 0.3 is 7.23 Å². The summed E-state index contributed by atoms with van der Waals surface area (Å²) in [5.74, 6) is 0.189. The van der Waals surface area contributed by atoms with E-state index in [1.54, 1.807) is 6.07 Å². The van der Waals surface area contributed by atoms with Crippen molar-refractivity contribution >= 4 is 30.8 Å². The number of ether oxygens (including phenoxy) is 1. The van der Waals surface area contributed by atoms with E-state index in [1.807, 2.05) is 6.07 Å². The molecule has 6 atom stereocenters. The molecule has 1 saturated heterocycles. The van der Waals surface area contributed by atoms with Crippen molar-refractivity contribution < 1.29 is 24.0 Å². The molecule has 10 nitrogen and oxygen atoms in total. The number of nitrogens with two attached hydrogens (primary N) is 1. The molecular formula is C12H11N5O5PS+. The summed E-state index contributed by atoms with van der Waals surface area (Å²) in [6, 6.07) is 4.98. The zero-order valence-corrected chi connectivity index (χ0v) is 13.6. The topological polar surface area (TPSA) is 156 Å². The quantitative estimate of drug-likeness (QED) is 0.414. The molecule has 2 aliphatic rings. The predicted octanol–water partition coefficient (Wildman–Crippen LogP) is -0.493. The summed E-state index contributed by atoms with van der Waals surface area (Å²) >= 11 is 3.61. The molecule has 4 N–H and O–H groups in total. The molecule has 2 aromatic heterocycles. The number of hydrogen-bond donors (Lipinski definition) is 4. The maximum Gasteiger partial charge on any atom is 0.582 e. The molecule has 124 valence electrons. The molecule has 1 aliphatic heterocycles. The van der Waals surface area contributed by atoms with Crippen LogP contribution in [0.3, 0.4) is 0 Å². The normalized spacial score (nSPS) is 37.9. The van der Waals surface area contributed by atoms with Crippen LogP contribution in [0.4, 0.5) is 5.82 Å². The van der Waals surface area contributed by atoms with Crippen molar-refractivity contribution in [2.75, 3.05) is 5.73 Å². The molecule has 12 heteroatoms. The molecule has 0 bridgehead atoms. The van der Waals surface area contributed by atoms with Gasteiger partial charge in [-0.05, 0) is 16.7 Å². The van der Waals surface area contributed by atoms with Crippen LogP contribution in [-0.2, 0) is 19.4 Å². The Morgan fingerprint density at radius 1 is 1.58 bits per heavy atom. The van der Waals surface area contributed by atoms with Gasteiger partial charge in [0.1, 0.15) is 42.4 Å². The fraction of sp³-hybridized carbons (Fsp3) is 0.417. The SMILES string of the molecule is N#C[C@@]1(c2ccc3c(N)ncnn23)O[C@@H]2C(O[P+](=O)S)[C@]2(O)[C@H]1O. The molecule has 2 aromatic rings. The first kappa shape index (κ1) is 15.7. The highest BCUT2D eigenvalue weighted by Gasteiger charge is 2.84. The Kier molecular flexibility index (Phi) is 3.18. The molecule has 0 radical (unpaired) electrons. The van der Waals surface area contributed by atoms with Crippen LogP contribution in [-0.4, -0.2) is 48.7 Å². The second kappa shape index (κ2) is 4.86. The highest BCUT2D eigenvalue weighted by Crippen LogP contribution is 2.61. The van der Waals surface area contributed by atoms with Crippen LogP contribution >= 0.6 is 19.5 Å². The maximum absolute atomic E-state index is 11.1. The van der Waals surface area contributed by atoms with Gasteiger partial charge in [0.15, 0.2) is 17.5 Å². The molecule has 1 aliphatic carbocycles. The zero-order chi connectivity index (χ0) is 17.3. The van der Waals surface area contributed by atoms with Crippen molar-refractivity contribution in [1.29, 1.82) is 5.26 Å². The number of anilines is 1. The van der Waals surface area contributed by atoms with Gasteiger partial charge in [0.2, 0.25) is 5.60 Å². The smallest absolute Gasteiger partial charge is 0.385 e. The molecular weight excluding hydrogens is 357 g/mol. The summed E-state index contributed by atoms with van der Waals surface area (Å²) in [4.78, 5) is 3.85. The minimum absolute atomic E-state index is 0.189.